The van der Waals surface area contributed by atoms with E-state index in [1.54, 1.807) is 12.1 Å². The van der Waals surface area contributed by atoms with Crippen LogP contribution in [0.4, 0.5) is 0 Å². The van der Waals surface area contributed by atoms with Crippen LogP contribution in [0.25, 0.3) is 0 Å². The van der Waals surface area contributed by atoms with Crippen molar-refractivity contribution in [2.24, 2.45) is 0 Å². The van der Waals surface area contributed by atoms with Gasteiger partial charge in [-0.05, 0) is 43.5 Å². The number of amides is 1. The highest BCUT2D eigenvalue weighted by molar-refractivity contribution is 8.00. The van der Waals surface area contributed by atoms with E-state index in [0.29, 0.717) is 17.2 Å². The Morgan fingerprint density at radius 1 is 1.18 bits per heavy atom. The molecule has 0 N–H and O–H groups in total. The summed E-state index contributed by atoms with van der Waals surface area (Å²) in [4.78, 5) is 15.4. The third-order valence-corrected chi connectivity index (χ3v) is 7.01. The minimum Gasteiger partial charge on any atom is -0.335 e. The van der Waals surface area contributed by atoms with Gasteiger partial charge in [0.25, 0.3) is 0 Å². The Bertz CT molecular complexity index is 656. The van der Waals surface area contributed by atoms with Crippen LogP contribution in [0.3, 0.4) is 0 Å². The van der Waals surface area contributed by atoms with E-state index in [9.17, 15) is 13.2 Å². The van der Waals surface area contributed by atoms with Crippen LogP contribution in [0.5, 0.6) is 0 Å². The van der Waals surface area contributed by atoms with Crippen molar-refractivity contribution in [2.75, 3.05) is 17.3 Å². The fourth-order valence-electron chi connectivity index (χ4n) is 2.80. The molecule has 2 aliphatic rings. The quantitative estimate of drug-likeness (QED) is 0.758. The predicted molar refractivity (Wildman–Crippen MR) is 89.1 cm³/mol. The van der Waals surface area contributed by atoms with Crippen LogP contribution in [0.15, 0.2) is 29.2 Å². The first-order chi connectivity index (χ1) is 10.4. The van der Waals surface area contributed by atoms with Gasteiger partial charge in [-0.1, -0.05) is 11.6 Å². The van der Waals surface area contributed by atoms with Crippen LogP contribution in [0.1, 0.15) is 19.3 Å². The Labute approximate surface area is 140 Å². The van der Waals surface area contributed by atoms with Gasteiger partial charge in [0.05, 0.1) is 17.3 Å². The third-order valence-electron chi connectivity index (χ3n) is 4.01. The van der Waals surface area contributed by atoms with Crippen molar-refractivity contribution in [1.29, 1.82) is 0 Å². The van der Waals surface area contributed by atoms with Crippen LogP contribution in [0, 0.1) is 0 Å². The minimum absolute atomic E-state index is 0.0459. The molecule has 0 bridgehead atoms. The van der Waals surface area contributed by atoms with Crippen LogP contribution < -0.4 is 0 Å². The monoisotopic (exact) mass is 359 g/mol. The summed E-state index contributed by atoms with van der Waals surface area (Å²) in [5.74, 6) is 0.721. The molecule has 22 heavy (non-hydrogen) atoms. The van der Waals surface area contributed by atoms with E-state index in [4.69, 9.17) is 11.6 Å². The van der Waals surface area contributed by atoms with E-state index in [0.717, 1.165) is 17.7 Å². The molecule has 0 radical (unpaired) electrons. The van der Waals surface area contributed by atoms with Crippen LogP contribution in [-0.2, 0) is 14.6 Å². The maximum absolute atomic E-state index is 12.5. The Hall–Kier alpha value is -0.720. The molecule has 1 aromatic carbocycles. The molecule has 1 aliphatic heterocycles. The van der Waals surface area contributed by atoms with Gasteiger partial charge in [-0.3, -0.25) is 4.79 Å². The van der Waals surface area contributed by atoms with Gasteiger partial charge in [0.15, 0.2) is 9.84 Å². The first-order valence-corrected chi connectivity index (χ1v) is 10.5. The summed E-state index contributed by atoms with van der Waals surface area (Å²) in [6.45, 7) is 0. The lowest BCUT2D eigenvalue weighted by Gasteiger charge is -2.28. The van der Waals surface area contributed by atoms with Gasteiger partial charge < -0.3 is 4.90 Å². The van der Waals surface area contributed by atoms with Gasteiger partial charge in [0.2, 0.25) is 5.91 Å². The average molecular weight is 360 g/mol. The zero-order valence-electron chi connectivity index (χ0n) is 12.1. The summed E-state index contributed by atoms with van der Waals surface area (Å²) in [5, 5.41) is 0.673. The second-order valence-electron chi connectivity index (χ2n) is 5.83. The molecule has 4 nitrogen and oxygen atoms in total. The number of rotatable bonds is 5. The van der Waals surface area contributed by atoms with Gasteiger partial charge >= 0.3 is 0 Å². The zero-order valence-corrected chi connectivity index (χ0v) is 14.5. The highest BCUT2D eigenvalue weighted by atomic mass is 35.5. The number of halogens is 1. The van der Waals surface area contributed by atoms with E-state index < -0.39 is 9.84 Å². The van der Waals surface area contributed by atoms with E-state index in [2.05, 4.69) is 0 Å². The fraction of sp³-hybridized carbons (Fsp3) is 0.533. The number of sulfone groups is 1. The lowest BCUT2D eigenvalue weighted by atomic mass is 10.2. The van der Waals surface area contributed by atoms with Gasteiger partial charge in [-0.2, -0.15) is 0 Å². The molecule has 7 heteroatoms. The summed E-state index contributed by atoms with van der Waals surface area (Å²) in [6.07, 6.45) is 2.57. The molecule has 1 heterocycles. The van der Waals surface area contributed by atoms with Crippen LogP contribution in [-0.4, -0.2) is 48.6 Å². The molecule has 1 aliphatic carbocycles. The van der Waals surface area contributed by atoms with Gasteiger partial charge in [0, 0.05) is 22.0 Å². The number of thioether (sulfide) groups is 1. The van der Waals surface area contributed by atoms with Crippen molar-refractivity contribution >= 4 is 39.1 Å². The van der Waals surface area contributed by atoms with Crippen LogP contribution in [0.2, 0.25) is 5.02 Å². The Balaban J connectivity index is 1.62. The zero-order chi connectivity index (χ0) is 15.7. The lowest BCUT2D eigenvalue weighted by Crippen LogP contribution is -2.43. The first kappa shape index (κ1) is 16.1. The number of carbonyl (C=O) groups excluding carboxylic acids is 1. The van der Waals surface area contributed by atoms with Crippen molar-refractivity contribution in [1.82, 2.24) is 4.90 Å². The maximum Gasteiger partial charge on any atom is 0.233 e. The van der Waals surface area contributed by atoms with Gasteiger partial charge in [-0.15, -0.1) is 11.8 Å². The third kappa shape index (κ3) is 3.97. The van der Waals surface area contributed by atoms with Crippen molar-refractivity contribution < 1.29 is 13.2 Å². The van der Waals surface area contributed by atoms with E-state index in [-0.39, 0.29) is 29.5 Å². The first-order valence-electron chi connectivity index (χ1n) is 7.34. The molecule has 0 unspecified atom stereocenters. The molecule has 1 amide bonds. The summed E-state index contributed by atoms with van der Waals surface area (Å²) in [7, 11) is -2.97. The normalized spacial score (nSPS) is 23.4. The molecule has 0 spiro atoms. The maximum atomic E-state index is 12.5. The van der Waals surface area contributed by atoms with Crippen molar-refractivity contribution in [3.8, 4) is 0 Å². The van der Waals surface area contributed by atoms with E-state index >= 15 is 0 Å². The number of hydrogen-bond acceptors (Lipinski definition) is 4. The topological polar surface area (TPSA) is 54.5 Å². The molecule has 1 aromatic rings. The standard InChI is InChI=1S/C15H18ClNO3S2/c16-11-1-5-14(6-2-11)21-9-15(18)17(12-3-4-12)13-7-8-22(19,20)10-13/h1-2,5-6,12-13H,3-4,7-10H2/t13-/m1/s1. The van der Waals surface area contributed by atoms with Gasteiger partial charge in [-0.25, -0.2) is 8.42 Å². The second-order valence-corrected chi connectivity index (χ2v) is 9.55. The molecular weight excluding hydrogens is 342 g/mol. The summed E-state index contributed by atoms with van der Waals surface area (Å²) in [5.41, 5.74) is 0. The molecule has 3 rings (SSSR count). The van der Waals surface area contributed by atoms with Crippen LogP contribution >= 0.6 is 23.4 Å². The second kappa shape index (κ2) is 6.42. The van der Waals surface area contributed by atoms with Gasteiger partial charge in [0.1, 0.15) is 0 Å². The number of hydrogen-bond donors (Lipinski definition) is 0. The van der Waals surface area contributed by atoms with Crippen molar-refractivity contribution in [2.45, 2.75) is 36.2 Å². The number of benzene rings is 1. The summed E-state index contributed by atoms with van der Waals surface area (Å²) >= 11 is 7.32. The largest absolute Gasteiger partial charge is 0.335 e. The smallest absolute Gasteiger partial charge is 0.233 e. The molecule has 120 valence electrons. The Morgan fingerprint density at radius 3 is 2.41 bits per heavy atom. The van der Waals surface area contributed by atoms with E-state index in [1.165, 1.54) is 11.8 Å². The molecule has 1 atom stereocenters. The SMILES string of the molecule is O=C(CSc1ccc(Cl)cc1)N(C1CC1)[C@@H]1CCS(=O)(=O)C1. The Morgan fingerprint density at radius 2 is 1.86 bits per heavy atom. The minimum atomic E-state index is -2.97. The highest BCUT2D eigenvalue weighted by Gasteiger charge is 2.41. The lowest BCUT2D eigenvalue weighted by molar-refractivity contribution is -0.130. The molecule has 1 saturated carbocycles. The molecule has 1 saturated heterocycles. The Kier molecular flexibility index (Phi) is 4.71. The molecule has 0 aromatic heterocycles. The molecule has 2 fully saturated rings. The van der Waals surface area contributed by atoms with Crippen molar-refractivity contribution in [3.63, 3.8) is 0 Å². The van der Waals surface area contributed by atoms with E-state index in [1.807, 2.05) is 17.0 Å². The molecular formula is C15H18ClNO3S2. The summed E-state index contributed by atoms with van der Waals surface area (Å²) in [6, 6.07) is 7.50. The van der Waals surface area contributed by atoms with Crippen molar-refractivity contribution in [3.05, 3.63) is 29.3 Å². The average Bonchev–Trinajstić information content (AvgIpc) is 3.23. The predicted octanol–water partition coefficient (Wildman–Crippen LogP) is 2.61. The highest BCUT2D eigenvalue weighted by Crippen LogP contribution is 2.33. The summed E-state index contributed by atoms with van der Waals surface area (Å²) < 4.78 is 23.3. The number of nitrogens with zero attached hydrogens (tertiary/aromatic N) is 1. The number of carbonyl (C=O) groups is 1. The fourth-order valence-corrected chi connectivity index (χ4v) is 5.41.